The molecule has 0 aliphatic carbocycles. The standard InChI is InChI=1S/C18H20N2O3S/c1-13(21)20-16(12-24-18(20)15-8-10-23-11-15)17(22)19-9-7-14-5-3-2-4-6-14/h2-6,8,10-11,16,18H,7,9,12H2,1H3,(H,19,22). The molecule has 126 valence electrons. The van der Waals surface area contributed by atoms with E-state index < -0.39 is 6.04 Å². The fourth-order valence-electron chi connectivity index (χ4n) is 2.86. The normalized spacial score (nSPS) is 20.1. The first-order chi connectivity index (χ1) is 11.7. The van der Waals surface area contributed by atoms with E-state index in [0.29, 0.717) is 12.3 Å². The smallest absolute Gasteiger partial charge is 0.243 e. The summed E-state index contributed by atoms with van der Waals surface area (Å²) in [4.78, 5) is 26.2. The highest BCUT2D eigenvalue weighted by Crippen LogP contribution is 2.41. The quantitative estimate of drug-likeness (QED) is 0.906. The van der Waals surface area contributed by atoms with Gasteiger partial charge in [0, 0.05) is 24.8 Å². The van der Waals surface area contributed by atoms with Crippen LogP contribution in [0.4, 0.5) is 0 Å². The molecule has 3 rings (SSSR count). The average molecular weight is 344 g/mol. The van der Waals surface area contributed by atoms with Gasteiger partial charge in [-0.2, -0.15) is 0 Å². The molecule has 1 aliphatic rings. The summed E-state index contributed by atoms with van der Waals surface area (Å²) in [6.45, 7) is 2.06. The van der Waals surface area contributed by atoms with Gasteiger partial charge in [0.25, 0.3) is 0 Å². The van der Waals surface area contributed by atoms with Crippen molar-refractivity contribution in [1.82, 2.24) is 10.2 Å². The van der Waals surface area contributed by atoms with Crippen molar-refractivity contribution in [3.05, 3.63) is 60.1 Å². The number of carbonyl (C=O) groups is 2. The summed E-state index contributed by atoms with van der Waals surface area (Å²) in [5.74, 6) is 0.390. The summed E-state index contributed by atoms with van der Waals surface area (Å²) in [6.07, 6.45) is 3.99. The van der Waals surface area contributed by atoms with Crippen molar-refractivity contribution >= 4 is 23.6 Å². The Bertz CT molecular complexity index is 688. The largest absolute Gasteiger partial charge is 0.472 e. The van der Waals surface area contributed by atoms with Gasteiger partial charge in [-0.15, -0.1) is 11.8 Å². The van der Waals surface area contributed by atoms with E-state index in [4.69, 9.17) is 4.42 Å². The molecule has 6 heteroatoms. The molecule has 2 aromatic rings. The Labute approximate surface area is 145 Å². The van der Waals surface area contributed by atoms with Gasteiger partial charge in [0.15, 0.2) is 0 Å². The van der Waals surface area contributed by atoms with Crippen LogP contribution in [0.5, 0.6) is 0 Å². The van der Waals surface area contributed by atoms with Crippen LogP contribution in [0.3, 0.4) is 0 Å². The number of nitrogens with one attached hydrogen (secondary N) is 1. The lowest BCUT2D eigenvalue weighted by atomic mass is 10.1. The molecule has 24 heavy (non-hydrogen) atoms. The van der Waals surface area contributed by atoms with Crippen LogP contribution in [0, 0.1) is 0 Å². The van der Waals surface area contributed by atoms with Gasteiger partial charge in [-0.05, 0) is 18.1 Å². The second-order valence-electron chi connectivity index (χ2n) is 5.71. The first kappa shape index (κ1) is 16.6. The molecule has 0 radical (unpaired) electrons. The lowest BCUT2D eigenvalue weighted by molar-refractivity contribution is -0.138. The first-order valence-corrected chi connectivity index (χ1v) is 8.96. The van der Waals surface area contributed by atoms with Crippen molar-refractivity contribution in [2.75, 3.05) is 12.3 Å². The number of rotatable bonds is 5. The molecule has 0 spiro atoms. The number of carbonyl (C=O) groups excluding carboxylic acids is 2. The molecule has 2 unspecified atom stereocenters. The highest BCUT2D eigenvalue weighted by molar-refractivity contribution is 7.99. The van der Waals surface area contributed by atoms with Crippen LogP contribution < -0.4 is 5.32 Å². The molecule has 2 atom stereocenters. The zero-order valence-electron chi connectivity index (χ0n) is 13.5. The van der Waals surface area contributed by atoms with E-state index in [1.807, 2.05) is 36.4 Å². The Hall–Kier alpha value is -2.21. The van der Waals surface area contributed by atoms with E-state index >= 15 is 0 Å². The summed E-state index contributed by atoms with van der Waals surface area (Å²) in [6, 6.07) is 11.4. The molecule has 1 fully saturated rings. The number of hydrogen-bond acceptors (Lipinski definition) is 4. The number of benzene rings is 1. The fraction of sp³-hybridized carbons (Fsp3) is 0.333. The molecule has 2 heterocycles. The summed E-state index contributed by atoms with van der Waals surface area (Å²) < 4.78 is 5.11. The average Bonchev–Trinajstić information content (AvgIpc) is 3.24. The predicted molar refractivity (Wildman–Crippen MR) is 93.4 cm³/mol. The van der Waals surface area contributed by atoms with Gasteiger partial charge < -0.3 is 14.6 Å². The van der Waals surface area contributed by atoms with Crippen molar-refractivity contribution in [3.8, 4) is 0 Å². The molecule has 1 saturated heterocycles. The molecular formula is C18H20N2O3S. The SMILES string of the molecule is CC(=O)N1C(C(=O)NCCc2ccccc2)CSC1c1ccoc1. The Morgan fingerprint density at radius 1 is 1.29 bits per heavy atom. The van der Waals surface area contributed by atoms with Crippen molar-refractivity contribution < 1.29 is 14.0 Å². The van der Waals surface area contributed by atoms with E-state index in [-0.39, 0.29) is 17.2 Å². The molecule has 5 nitrogen and oxygen atoms in total. The lowest BCUT2D eigenvalue weighted by Crippen LogP contribution is -2.47. The zero-order valence-corrected chi connectivity index (χ0v) is 14.3. The predicted octanol–water partition coefficient (Wildman–Crippen LogP) is 2.60. The van der Waals surface area contributed by atoms with Gasteiger partial charge in [-0.1, -0.05) is 30.3 Å². The number of hydrogen-bond donors (Lipinski definition) is 1. The number of thioether (sulfide) groups is 1. The minimum Gasteiger partial charge on any atom is -0.472 e. The minimum absolute atomic E-state index is 0.0976. The summed E-state index contributed by atoms with van der Waals surface area (Å²) in [7, 11) is 0. The third-order valence-corrected chi connectivity index (χ3v) is 5.37. The van der Waals surface area contributed by atoms with Crippen molar-refractivity contribution in [2.45, 2.75) is 24.8 Å². The zero-order chi connectivity index (χ0) is 16.9. The van der Waals surface area contributed by atoms with E-state index in [1.165, 1.54) is 12.5 Å². The maximum absolute atomic E-state index is 12.5. The van der Waals surface area contributed by atoms with Crippen LogP contribution >= 0.6 is 11.8 Å². The van der Waals surface area contributed by atoms with Crippen LogP contribution in [0.15, 0.2) is 53.3 Å². The molecule has 1 aromatic carbocycles. The molecule has 2 amide bonds. The summed E-state index contributed by atoms with van der Waals surface area (Å²) >= 11 is 1.59. The monoisotopic (exact) mass is 344 g/mol. The second kappa shape index (κ2) is 7.57. The summed E-state index contributed by atoms with van der Waals surface area (Å²) in [5.41, 5.74) is 2.09. The minimum atomic E-state index is -0.442. The van der Waals surface area contributed by atoms with E-state index in [1.54, 1.807) is 29.2 Å². The van der Waals surface area contributed by atoms with Crippen LogP contribution in [0.25, 0.3) is 0 Å². The van der Waals surface area contributed by atoms with Gasteiger partial charge in [-0.3, -0.25) is 9.59 Å². The van der Waals surface area contributed by atoms with Gasteiger partial charge in [0.2, 0.25) is 11.8 Å². The van der Waals surface area contributed by atoms with Crippen LogP contribution in [0.2, 0.25) is 0 Å². The number of nitrogens with zero attached hydrogens (tertiary/aromatic N) is 1. The van der Waals surface area contributed by atoms with Crippen LogP contribution in [0.1, 0.15) is 23.4 Å². The van der Waals surface area contributed by atoms with Crippen molar-refractivity contribution in [2.24, 2.45) is 0 Å². The van der Waals surface area contributed by atoms with Gasteiger partial charge in [-0.25, -0.2) is 0 Å². The third kappa shape index (κ3) is 3.64. The second-order valence-corrected chi connectivity index (χ2v) is 6.82. The molecule has 1 aliphatic heterocycles. The molecule has 1 aromatic heterocycles. The first-order valence-electron chi connectivity index (χ1n) is 7.91. The van der Waals surface area contributed by atoms with Crippen molar-refractivity contribution in [3.63, 3.8) is 0 Å². The number of amides is 2. The molecule has 0 bridgehead atoms. The van der Waals surface area contributed by atoms with E-state index in [2.05, 4.69) is 5.32 Å². The van der Waals surface area contributed by atoms with E-state index in [0.717, 1.165) is 12.0 Å². The maximum atomic E-state index is 12.5. The van der Waals surface area contributed by atoms with Gasteiger partial charge >= 0.3 is 0 Å². The van der Waals surface area contributed by atoms with E-state index in [9.17, 15) is 9.59 Å². The third-order valence-electron chi connectivity index (χ3n) is 4.05. The Morgan fingerprint density at radius 2 is 2.08 bits per heavy atom. The molecular weight excluding hydrogens is 324 g/mol. The van der Waals surface area contributed by atoms with Crippen LogP contribution in [-0.2, 0) is 16.0 Å². The summed E-state index contributed by atoms with van der Waals surface area (Å²) in [5, 5.41) is 2.79. The highest BCUT2D eigenvalue weighted by atomic mass is 32.2. The van der Waals surface area contributed by atoms with Crippen LogP contribution in [-0.4, -0.2) is 35.1 Å². The Kier molecular flexibility index (Phi) is 5.25. The molecule has 0 saturated carbocycles. The Morgan fingerprint density at radius 3 is 2.75 bits per heavy atom. The maximum Gasteiger partial charge on any atom is 0.243 e. The number of furan rings is 1. The fourth-order valence-corrected chi connectivity index (χ4v) is 4.32. The highest BCUT2D eigenvalue weighted by Gasteiger charge is 2.41. The van der Waals surface area contributed by atoms with Gasteiger partial charge in [0.1, 0.15) is 11.4 Å². The van der Waals surface area contributed by atoms with Crippen molar-refractivity contribution in [1.29, 1.82) is 0 Å². The van der Waals surface area contributed by atoms with Gasteiger partial charge in [0.05, 0.1) is 12.5 Å². The Balaban J connectivity index is 1.60. The molecule has 1 N–H and O–H groups in total. The topological polar surface area (TPSA) is 62.6 Å². The lowest BCUT2D eigenvalue weighted by Gasteiger charge is -2.27.